The predicted octanol–water partition coefficient (Wildman–Crippen LogP) is 4.29. The van der Waals surface area contributed by atoms with Crippen LogP contribution in [0.25, 0.3) is 0 Å². The molecule has 0 aliphatic carbocycles. The van der Waals surface area contributed by atoms with E-state index in [0.29, 0.717) is 0 Å². The third kappa shape index (κ3) is 5.38. The van der Waals surface area contributed by atoms with Gasteiger partial charge < -0.3 is 10.5 Å². The van der Waals surface area contributed by atoms with Gasteiger partial charge in [0.15, 0.2) is 0 Å². The molecule has 0 heterocycles. The van der Waals surface area contributed by atoms with Crippen molar-refractivity contribution in [2.75, 3.05) is 11.9 Å². The number of rotatable bonds is 3. The quantitative estimate of drug-likeness (QED) is 0.864. The van der Waals surface area contributed by atoms with Gasteiger partial charge in [-0.25, -0.2) is 4.79 Å². The van der Waals surface area contributed by atoms with Crippen LogP contribution in [0.15, 0.2) is 18.2 Å². The minimum absolute atomic E-state index is 0.0671. The molecule has 1 aromatic carbocycles. The van der Waals surface area contributed by atoms with E-state index in [4.69, 9.17) is 22.1 Å². The third-order valence-electron chi connectivity index (χ3n) is 2.65. The van der Waals surface area contributed by atoms with Gasteiger partial charge in [0.2, 0.25) is 0 Å². The largest absolute Gasteiger partial charge is 0.444 e. The van der Waals surface area contributed by atoms with Crippen molar-refractivity contribution in [3.05, 3.63) is 28.8 Å². The first-order valence-corrected chi connectivity index (χ1v) is 6.88. The number of hydrogen-bond donors (Lipinski definition) is 2. The Bertz CT molecular complexity index is 542. The van der Waals surface area contributed by atoms with E-state index in [-0.39, 0.29) is 16.3 Å². The lowest BCUT2D eigenvalue weighted by atomic mass is 9.98. The van der Waals surface area contributed by atoms with Crippen molar-refractivity contribution >= 4 is 23.4 Å². The number of hydrogen-bond acceptors (Lipinski definition) is 3. The summed E-state index contributed by atoms with van der Waals surface area (Å²) in [7, 11) is 0. The summed E-state index contributed by atoms with van der Waals surface area (Å²) >= 11 is 5.82. The fraction of sp³-hybridized carbons (Fsp3) is 0.500. The Morgan fingerprint density at radius 2 is 1.95 bits per heavy atom. The maximum atomic E-state index is 13.0. The van der Waals surface area contributed by atoms with E-state index in [2.05, 4.69) is 5.32 Å². The second kappa shape index (κ2) is 6.75. The minimum atomic E-state index is -4.52. The SMILES string of the molecule is CC(C)(C)OC(=O)Nc1ccc(Cl)c(C(CN)C(F)(F)F)c1. The van der Waals surface area contributed by atoms with Gasteiger partial charge in [-0.1, -0.05) is 11.6 Å². The highest BCUT2D eigenvalue weighted by molar-refractivity contribution is 6.31. The monoisotopic (exact) mass is 338 g/mol. The van der Waals surface area contributed by atoms with Gasteiger partial charge in [0.25, 0.3) is 0 Å². The fourth-order valence-electron chi connectivity index (χ4n) is 1.75. The second-order valence-corrected chi connectivity index (χ2v) is 6.10. The molecular weight excluding hydrogens is 321 g/mol. The van der Waals surface area contributed by atoms with Crippen LogP contribution in [0.4, 0.5) is 23.7 Å². The molecule has 4 nitrogen and oxygen atoms in total. The number of carbonyl (C=O) groups is 1. The van der Waals surface area contributed by atoms with Gasteiger partial charge in [-0.2, -0.15) is 13.2 Å². The number of amides is 1. The average Bonchev–Trinajstić information content (AvgIpc) is 2.29. The molecule has 0 bridgehead atoms. The Labute approximate surface area is 131 Å². The molecule has 0 spiro atoms. The molecule has 124 valence electrons. The summed E-state index contributed by atoms with van der Waals surface area (Å²) in [6, 6.07) is 3.81. The highest BCUT2D eigenvalue weighted by Gasteiger charge is 2.40. The number of alkyl halides is 3. The zero-order chi connectivity index (χ0) is 17.1. The third-order valence-corrected chi connectivity index (χ3v) is 2.99. The Balaban J connectivity index is 3.02. The molecule has 3 N–H and O–H groups in total. The Kier molecular flexibility index (Phi) is 5.70. The van der Waals surface area contributed by atoms with Crippen LogP contribution < -0.4 is 11.1 Å². The molecule has 0 radical (unpaired) electrons. The molecule has 8 heteroatoms. The molecule has 0 saturated carbocycles. The van der Waals surface area contributed by atoms with Gasteiger partial charge in [-0.05, 0) is 44.5 Å². The lowest BCUT2D eigenvalue weighted by Crippen LogP contribution is -2.29. The van der Waals surface area contributed by atoms with Crippen molar-refractivity contribution in [1.29, 1.82) is 0 Å². The first kappa shape index (κ1) is 18.6. The number of ether oxygens (including phenoxy) is 1. The standard InChI is InChI=1S/C14H18ClF3N2O2/c1-13(2,3)22-12(21)20-8-4-5-11(15)9(6-8)10(7-19)14(16,17)18/h4-6,10H,7,19H2,1-3H3,(H,20,21). The van der Waals surface area contributed by atoms with Gasteiger partial charge in [0, 0.05) is 17.3 Å². The van der Waals surface area contributed by atoms with E-state index >= 15 is 0 Å². The minimum Gasteiger partial charge on any atom is -0.444 e. The summed E-state index contributed by atoms with van der Waals surface area (Å²) in [6.45, 7) is 4.38. The van der Waals surface area contributed by atoms with E-state index < -0.39 is 30.3 Å². The predicted molar refractivity (Wildman–Crippen MR) is 79.2 cm³/mol. The smallest absolute Gasteiger partial charge is 0.412 e. The van der Waals surface area contributed by atoms with Crippen LogP contribution in [-0.2, 0) is 4.74 Å². The zero-order valence-corrected chi connectivity index (χ0v) is 13.2. The first-order valence-electron chi connectivity index (χ1n) is 6.50. The van der Waals surface area contributed by atoms with Crippen molar-refractivity contribution < 1.29 is 22.7 Å². The van der Waals surface area contributed by atoms with Crippen LogP contribution in [0.2, 0.25) is 5.02 Å². The average molecular weight is 339 g/mol. The van der Waals surface area contributed by atoms with Gasteiger partial charge in [0.05, 0.1) is 5.92 Å². The van der Waals surface area contributed by atoms with Gasteiger partial charge in [-0.15, -0.1) is 0 Å². The van der Waals surface area contributed by atoms with E-state index in [1.54, 1.807) is 20.8 Å². The number of benzene rings is 1. The molecular formula is C14H18ClF3N2O2. The molecule has 0 fully saturated rings. The molecule has 0 aliphatic rings. The van der Waals surface area contributed by atoms with Crippen molar-refractivity contribution in [3.63, 3.8) is 0 Å². The number of halogens is 4. The fourth-order valence-corrected chi connectivity index (χ4v) is 2.00. The summed E-state index contributed by atoms with van der Waals surface area (Å²) in [6.07, 6.45) is -5.29. The Morgan fingerprint density at radius 3 is 2.41 bits per heavy atom. The lowest BCUT2D eigenvalue weighted by molar-refractivity contribution is -0.148. The molecule has 1 amide bonds. The normalized spacial score (nSPS) is 13.6. The van der Waals surface area contributed by atoms with Crippen LogP contribution >= 0.6 is 11.6 Å². The molecule has 22 heavy (non-hydrogen) atoms. The number of nitrogens with two attached hydrogens (primary N) is 1. The van der Waals surface area contributed by atoms with E-state index in [0.717, 1.165) is 6.07 Å². The van der Waals surface area contributed by atoms with E-state index in [1.165, 1.54) is 12.1 Å². The molecule has 1 unspecified atom stereocenters. The summed E-state index contributed by atoms with van der Waals surface area (Å²) < 4.78 is 43.9. The summed E-state index contributed by atoms with van der Waals surface area (Å²) in [5.74, 6) is -1.90. The van der Waals surface area contributed by atoms with Gasteiger partial charge >= 0.3 is 12.3 Å². The Hall–Kier alpha value is -1.47. The highest BCUT2D eigenvalue weighted by Crippen LogP contribution is 2.38. The Morgan fingerprint density at radius 1 is 1.36 bits per heavy atom. The van der Waals surface area contributed by atoms with Crippen molar-refractivity contribution in [1.82, 2.24) is 0 Å². The van der Waals surface area contributed by atoms with Crippen LogP contribution in [0.5, 0.6) is 0 Å². The number of anilines is 1. The van der Waals surface area contributed by atoms with Gasteiger partial charge in [-0.3, -0.25) is 5.32 Å². The molecule has 0 saturated heterocycles. The van der Waals surface area contributed by atoms with Crippen LogP contribution in [0.1, 0.15) is 32.3 Å². The number of nitrogens with one attached hydrogen (secondary N) is 1. The van der Waals surface area contributed by atoms with Crippen molar-refractivity contribution in [2.24, 2.45) is 5.73 Å². The van der Waals surface area contributed by atoms with E-state index in [9.17, 15) is 18.0 Å². The summed E-state index contributed by atoms with van der Waals surface area (Å²) in [5.41, 5.74) is 4.45. The van der Waals surface area contributed by atoms with Crippen molar-refractivity contribution in [2.45, 2.75) is 38.5 Å². The van der Waals surface area contributed by atoms with Crippen LogP contribution in [-0.4, -0.2) is 24.4 Å². The molecule has 1 aromatic rings. The zero-order valence-electron chi connectivity index (χ0n) is 12.4. The number of carbonyl (C=O) groups excluding carboxylic acids is 1. The molecule has 1 rings (SSSR count). The van der Waals surface area contributed by atoms with E-state index in [1.807, 2.05) is 0 Å². The lowest BCUT2D eigenvalue weighted by Gasteiger charge is -2.22. The summed E-state index contributed by atoms with van der Waals surface area (Å²) in [4.78, 5) is 11.6. The van der Waals surface area contributed by atoms with Gasteiger partial charge in [0.1, 0.15) is 5.60 Å². The maximum Gasteiger partial charge on any atom is 0.412 e. The molecule has 0 aliphatic heterocycles. The second-order valence-electron chi connectivity index (χ2n) is 5.69. The van der Waals surface area contributed by atoms with Crippen LogP contribution in [0.3, 0.4) is 0 Å². The molecule has 0 aromatic heterocycles. The summed E-state index contributed by atoms with van der Waals surface area (Å²) in [5, 5.41) is 2.30. The highest BCUT2D eigenvalue weighted by atomic mass is 35.5. The first-order chi connectivity index (χ1) is 9.94. The molecule has 1 atom stereocenters. The topological polar surface area (TPSA) is 64.3 Å². The van der Waals surface area contributed by atoms with Crippen LogP contribution in [0, 0.1) is 0 Å². The maximum absolute atomic E-state index is 13.0. The van der Waals surface area contributed by atoms with Crippen molar-refractivity contribution in [3.8, 4) is 0 Å².